The molecule has 0 aromatic heterocycles. The van der Waals surface area contributed by atoms with E-state index in [0.717, 1.165) is 16.8 Å². The Morgan fingerprint density at radius 1 is 1.38 bits per heavy atom. The first-order chi connectivity index (χ1) is 11.3. The summed E-state index contributed by atoms with van der Waals surface area (Å²) >= 11 is 1.26. The van der Waals surface area contributed by atoms with Crippen LogP contribution in [0.3, 0.4) is 0 Å². The van der Waals surface area contributed by atoms with Crippen LogP contribution in [0.25, 0.3) is 0 Å². The monoisotopic (exact) mass is 350 g/mol. The van der Waals surface area contributed by atoms with E-state index in [0.29, 0.717) is 0 Å². The number of nitrogens with two attached hydrogens (primary N) is 1. The molecule has 130 valence electrons. The first kappa shape index (κ1) is 18.3. The number of nitrogens with one attached hydrogen (secondary N) is 3. The molecule has 7 nitrogen and oxygen atoms in total. The van der Waals surface area contributed by atoms with Crippen molar-refractivity contribution in [2.24, 2.45) is 5.73 Å². The third kappa shape index (κ3) is 5.54. The maximum absolute atomic E-state index is 12.1. The first-order valence-electron chi connectivity index (χ1n) is 7.66. The number of primary amides is 1. The zero-order valence-electron chi connectivity index (χ0n) is 13.7. The normalized spacial score (nSPS) is 20.3. The van der Waals surface area contributed by atoms with Gasteiger partial charge < -0.3 is 16.4 Å². The van der Waals surface area contributed by atoms with Crippen molar-refractivity contribution in [1.29, 1.82) is 0 Å². The number of hydrogen-bond acceptors (Lipinski definition) is 5. The van der Waals surface area contributed by atoms with E-state index in [9.17, 15) is 14.4 Å². The molecule has 0 bridgehead atoms. The van der Waals surface area contributed by atoms with Crippen LogP contribution in [-0.4, -0.2) is 35.0 Å². The smallest absolute Gasteiger partial charge is 0.234 e. The average molecular weight is 350 g/mol. The number of anilines is 1. The minimum atomic E-state index is -0.460. The molecule has 2 atom stereocenters. The summed E-state index contributed by atoms with van der Waals surface area (Å²) in [5.74, 6) is -0.595. The molecular weight excluding hydrogens is 328 g/mol. The highest BCUT2D eigenvalue weighted by atomic mass is 32.2. The lowest BCUT2D eigenvalue weighted by atomic mass is 10.1. The zero-order chi connectivity index (χ0) is 17.7. The Bertz CT molecular complexity index is 648. The van der Waals surface area contributed by atoms with Gasteiger partial charge in [-0.25, -0.2) is 0 Å². The van der Waals surface area contributed by atoms with E-state index in [-0.39, 0.29) is 36.5 Å². The molecule has 3 amide bonds. The molecule has 0 spiro atoms. The number of thioether (sulfide) groups is 1. The van der Waals surface area contributed by atoms with E-state index in [1.54, 1.807) is 0 Å². The predicted molar refractivity (Wildman–Crippen MR) is 94.3 cm³/mol. The summed E-state index contributed by atoms with van der Waals surface area (Å²) in [6.45, 7) is 3.89. The molecule has 8 heteroatoms. The van der Waals surface area contributed by atoms with Crippen molar-refractivity contribution in [3.63, 3.8) is 0 Å². The van der Waals surface area contributed by atoms with Crippen LogP contribution in [0.1, 0.15) is 24.0 Å². The van der Waals surface area contributed by atoms with E-state index in [4.69, 9.17) is 5.73 Å². The summed E-state index contributed by atoms with van der Waals surface area (Å²) in [6.07, 6.45) is 0.299. The third-order valence-electron chi connectivity index (χ3n) is 3.61. The van der Waals surface area contributed by atoms with Crippen molar-refractivity contribution in [3.8, 4) is 0 Å². The number of benzene rings is 1. The average Bonchev–Trinajstić information content (AvgIpc) is 2.48. The van der Waals surface area contributed by atoms with Crippen molar-refractivity contribution in [1.82, 2.24) is 10.6 Å². The fourth-order valence-electron chi connectivity index (χ4n) is 2.42. The summed E-state index contributed by atoms with van der Waals surface area (Å²) in [7, 11) is 0. The van der Waals surface area contributed by atoms with Crippen LogP contribution in [0, 0.1) is 13.8 Å². The molecular formula is C16H22N4O3S. The van der Waals surface area contributed by atoms with Crippen molar-refractivity contribution < 1.29 is 14.4 Å². The molecule has 1 aromatic rings. The Labute approximate surface area is 145 Å². The lowest BCUT2D eigenvalue weighted by molar-refractivity contribution is -0.124. The number of hydrogen-bond donors (Lipinski definition) is 4. The summed E-state index contributed by atoms with van der Waals surface area (Å²) in [5, 5.41) is 8.72. The van der Waals surface area contributed by atoms with Crippen LogP contribution in [0.2, 0.25) is 0 Å². The molecule has 1 fully saturated rings. The molecule has 24 heavy (non-hydrogen) atoms. The highest BCUT2D eigenvalue weighted by molar-refractivity contribution is 8.00. The van der Waals surface area contributed by atoms with Crippen LogP contribution < -0.4 is 21.7 Å². The zero-order valence-corrected chi connectivity index (χ0v) is 14.5. The van der Waals surface area contributed by atoms with E-state index >= 15 is 0 Å². The molecule has 2 rings (SSSR count). The number of rotatable bonds is 6. The van der Waals surface area contributed by atoms with Gasteiger partial charge >= 0.3 is 0 Å². The van der Waals surface area contributed by atoms with Crippen molar-refractivity contribution in [3.05, 3.63) is 29.3 Å². The van der Waals surface area contributed by atoms with Gasteiger partial charge in [0.25, 0.3) is 0 Å². The quantitative estimate of drug-likeness (QED) is 0.600. The van der Waals surface area contributed by atoms with Gasteiger partial charge in [0.05, 0.1) is 5.75 Å². The number of carbonyl (C=O) groups excluding carboxylic acids is 3. The van der Waals surface area contributed by atoms with Gasteiger partial charge in [0.1, 0.15) is 5.50 Å². The van der Waals surface area contributed by atoms with Gasteiger partial charge in [-0.1, -0.05) is 12.1 Å². The van der Waals surface area contributed by atoms with Gasteiger partial charge in [0, 0.05) is 24.6 Å². The SMILES string of the molecule is Cc1ccc(C)c(NC(=O)CSC2NC(=O)CC(CC(N)=O)N2)c1. The third-order valence-corrected chi connectivity index (χ3v) is 4.62. The molecule has 1 heterocycles. The van der Waals surface area contributed by atoms with Crippen molar-refractivity contribution in [2.45, 2.75) is 38.2 Å². The van der Waals surface area contributed by atoms with Gasteiger partial charge in [-0.3, -0.25) is 19.7 Å². The van der Waals surface area contributed by atoms with Gasteiger partial charge in [-0.2, -0.15) is 0 Å². The van der Waals surface area contributed by atoms with Crippen LogP contribution >= 0.6 is 11.8 Å². The highest BCUT2D eigenvalue weighted by Gasteiger charge is 2.27. The molecule has 0 radical (unpaired) electrons. The largest absolute Gasteiger partial charge is 0.370 e. The van der Waals surface area contributed by atoms with Crippen LogP contribution in [0.15, 0.2) is 18.2 Å². The van der Waals surface area contributed by atoms with Gasteiger partial charge in [-0.05, 0) is 31.0 Å². The number of amides is 3. The van der Waals surface area contributed by atoms with E-state index in [2.05, 4.69) is 16.0 Å². The van der Waals surface area contributed by atoms with Crippen molar-refractivity contribution >= 4 is 35.2 Å². The lowest BCUT2D eigenvalue weighted by Crippen LogP contribution is -2.55. The summed E-state index contributed by atoms with van der Waals surface area (Å²) in [4.78, 5) is 34.8. The predicted octanol–water partition coefficient (Wildman–Crippen LogP) is 0.612. The lowest BCUT2D eigenvalue weighted by Gasteiger charge is -2.30. The van der Waals surface area contributed by atoms with Crippen LogP contribution in [0.4, 0.5) is 5.69 Å². The second-order valence-corrected chi connectivity index (χ2v) is 6.96. The fraction of sp³-hybridized carbons (Fsp3) is 0.438. The highest BCUT2D eigenvalue weighted by Crippen LogP contribution is 2.18. The first-order valence-corrected chi connectivity index (χ1v) is 8.71. The molecule has 5 N–H and O–H groups in total. The Balaban J connectivity index is 1.85. The maximum Gasteiger partial charge on any atom is 0.234 e. The van der Waals surface area contributed by atoms with E-state index in [1.807, 2.05) is 32.0 Å². The summed E-state index contributed by atoms with van der Waals surface area (Å²) in [5.41, 5.74) is 7.59. The Kier molecular flexibility index (Phi) is 6.22. The van der Waals surface area contributed by atoms with E-state index < -0.39 is 11.4 Å². The summed E-state index contributed by atoms with van der Waals surface area (Å²) in [6, 6.07) is 5.56. The standard InChI is InChI=1S/C16H22N4O3S/c1-9-3-4-10(2)12(5-9)19-15(23)8-24-16-18-11(6-13(17)21)7-14(22)20-16/h3-5,11,16,18H,6-8H2,1-2H3,(H2,17,21)(H,19,23)(H,20,22). The van der Waals surface area contributed by atoms with Gasteiger partial charge in [0.2, 0.25) is 17.7 Å². The Hall–Kier alpha value is -2.06. The molecule has 1 aromatic carbocycles. The molecule has 2 unspecified atom stereocenters. The summed E-state index contributed by atoms with van der Waals surface area (Å²) < 4.78 is 0. The number of aryl methyl sites for hydroxylation is 2. The molecule has 0 saturated carbocycles. The maximum atomic E-state index is 12.1. The molecule has 1 aliphatic rings. The molecule has 0 aliphatic carbocycles. The number of carbonyl (C=O) groups is 3. The van der Waals surface area contributed by atoms with Gasteiger partial charge in [-0.15, -0.1) is 11.8 Å². The molecule has 1 aliphatic heterocycles. The van der Waals surface area contributed by atoms with Crippen molar-refractivity contribution in [2.75, 3.05) is 11.1 Å². The minimum absolute atomic E-state index is 0.0964. The molecule has 1 saturated heterocycles. The van der Waals surface area contributed by atoms with Crippen LogP contribution in [-0.2, 0) is 14.4 Å². The fourth-order valence-corrected chi connectivity index (χ4v) is 3.32. The second-order valence-electron chi connectivity index (χ2n) is 5.86. The minimum Gasteiger partial charge on any atom is -0.370 e. The topological polar surface area (TPSA) is 113 Å². The van der Waals surface area contributed by atoms with Crippen LogP contribution in [0.5, 0.6) is 0 Å². The Morgan fingerprint density at radius 2 is 2.12 bits per heavy atom. The van der Waals surface area contributed by atoms with E-state index in [1.165, 1.54) is 11.8 Å². The Morgan fingerprint density at radius 3 is 2.83 bits per heavy atom. The van der Waals surface area contributed by atoms with Gasteiger partial charge in [0.15, 0.2) is 0 Å². The second kappa shape index (κ2) is 8.16.